The smallest absolute Gasteiger partial charge is 0.393 e. The molecular weight excluding hydrogens is 257 g/mol. The Morgan fingerprint density at radius 2 is 1.53 bits per heavy atom. The van der Waals surface area contributed by atoms with Crippen LogP contribution in [0.3, 0.4) is 0 Å². The topological polar surface area (TPSA) is 29.5 Å². The molecule has 0 aliphatic rings. The number of aliphatic hydroxyl groups is 1. The van der Waals surface area contributed by atoms with E-state index in [4.69, 9.17) is 0 Å². The maximum atomic E-state index is 11.8. The zero-order valence-corrected chi connectivity index (χ0v) is 11.8. The van der Waals surface area contributed by atoms with Crippen LogP contribution < -0.4 is 0 Å². The van der Waals surface area contributed by atoms with E-state index in [1.165, 1.54) is 32.1 Å². The molecule has 1 unspecified atom stereocenters. The second kappa shape index (κ2) is 11.5. The molecule has 0 heterocycles. The standard InChI is InChI=1S/C14H27F3O2/c1-2-3-4-5-6-7-8-9-13(18)10-11-19-12-14(15,16)17/h13,18H,2-12H2,1H3. The number of alkyl halides is 3. The van der Waals surface area contributed by atoms with Crippen LogP contribution >= 0.6 is 0 Å². The van der Waals surface area contributed by atoms with Gasteiger partial charge in [0.2, 0.25) is 0 Å². The Balaban J connectivity index is 3.23. The summed E-state index contributed by atoms with van der Waals surface area (Å²) >= 11 is 0. The molecule has 0 fully saturated rings. The number of ether oxygens (including phenoxy) is 1. The van der Waals surface area contributed by atoms with Crippen molar-refractivity contribution in [2.24, 2.45) is 0 Å². The van der Waals surface area contributed by atoms with Gasteiger partial charge in [0.1, 0.15) is 6.61 Å². The molecule has 2 nitrogen and oxygen atoms in total. The SMILES string of the molecule is CCCCCCCCCC(O)CCOCC(F)(F)F. The van der Waals surface area contributed by atoms with Gasteiger partial charge in [0, 0.05) is 6.61 Å². The highest BCUT2D eigenvalue weighted by Gasteiger charge is 2.27. The highest BCUT2D eigenvalue weighted by molar-refractivity contribution is 4.57. The maximum Gasteiger partial charge on any atom is 0.411 e. The van der Waals surface area contributed by atoms with Crippen molar-refractivity contribution in [2.45, 2.75) is 77.0 Å². The third-order valence-electron chi connectivity index (χ3n) is 3.00. The summed E-state index contributed by atoms with van der Waals surface area (Å²) in [7, 11) is 0. The number of rotatable bonds is 12. The molecule has 1 N–H and O–H groups in total. The summed E-state index contributed by atoms with van der Waals surface area (Å²) in [5.74, 6) is 0. The van der Waals surface area contributed by atoms with Crippen LogP contribution in [0.2, 0.25) is 0 Å². The largest absolute Gasteiger partial charge is 0.411 e. The summed E-state index contributed by atoms with van der Waals surface area (Å²) in [5.41, 5.74) is 0. The van der Waals surface area contributed by atoms with Gasteiger partial charge in [-0.2, -0.15) is 13.2 Å². The summed E-state index contributed by atoms with van der Waals surface area (Å²) < 4.78 is 39.8. The van der Waals surface area contributed by atoms with Gasteiger partial charge in [-0.1, -0.05) is 51.9 Å². The number of aliphatic hydroxyl groups excluding tert-OH is 1. The highest BCUT2D eigenvalue weighted by atomic mass is 19.4. The Kier molecular flexibility index (Phi) is 11.4. The van der Waals surface area contributed by atoms with E-state index in [0.717, 1.165) is 12.8 Å². The van der Waals surface area contributed by atoms with Crippen molar-refractivity contribution in [1.82, 2.24) is 0 Å². The van der Waals surface area contributed by atoms with Crippen molar-refractivity contribution in [3.63, 3.8) is 0 Å². The molecule has 0 saturated heterocycles. The summed E-state index contributed by atoms with van der Waals surface area (Å²) in [6.45, 7) is 0.922. The van der Waals surface area contributed by atoms with Crippen molar-refractivity contribution in [2.75, 3.05) is 13.2 Å². The summed E-state index contributed by atoms with van der Waals surface area (Å²) in [6.07, 6.45) is 4.34. The predicted molar refractivity (Wildman–Crippen MR) is 70.1 cm³/mol. The first kappa shape index (κ1) is 18.7. The normalized spacial score (nSPS) is 13.7. The van der Waals surface area contributed by atoms with Gasteiger partial charge >= 0.3 is 6.18 Å². The average molecular weight is 284 g/mol. The molecular formula is C14H27F3O2. The second-order valence-corrected chi connectivity index (χ2v) is 5.02. The van der Waals surface area contributed by atoms with Crippen LogP contribution in [0.25, 0.3) is 0 Å². The summed E-state index contributed by atoms with van der Waals surface area (Å²) in [4.78, 5) is 0. The van der Waals surface area contributed by atoms with Crippen LogP contribution in [0.4, 0.5) is 13.2 Å². The fourth-order valence-electron chi connectivity index (χ4n) is 1.89. The van der Waals surface area contributed by atoms with Gasteiger partial charge in [-0.15, -0.1) is 0 Å². The fraction of sp³-hybridized carbons (Fsp3) is 1.00. The Labute approximate surface area is 114 Å². The van der Waals surface area contributed by atoms with Crippen molar-refractivity contribution in [1.29, 1.82) is 0 Å². The number of unbranched alkanes of at least 4 members (excludes halogenated alkanes) is 6. The minimum Gasteiger partial charge on any atom is -0.393 e. The van der Waals surface area contributed by atoms with E-state index in [1.54, 1.807) is 0 Å². The molecule has 0 rings (SSSR count). The summed E-state index contributed by atoms with van der Waals surface area (Å²) in [6, 6.07) is 0. The Bertz CT molecular complexity index is 196. The molecule has 0 aliphatic heterocycles. The minimum atomic E-state index is -4.27. The molecule has 116 valence electrons. The molecule has 19 heavy (non-hydrogen) atoms. The first-order valence-corrected chi connectivity index (χ1v) is 7.28. The first-order valence-electron chi connectivity index (χ1n) is 7.28. The van der Waals surface area contributed by atoms with Gasteiger partial charge in [0.25, 0.3) is 0 Å². The monoisotopic (exact) mass is 284 g/mol. The number of halogens is 3. The van der Waals surface area contributed by atoms with Crippen LogP contribution in [0.1, 0.15) is 64.7 Å². The van der Waals surface area contributed by atoms with Crippen molar-refractivity contribution < 1.29 is 23.0 Å². The molecule has 0 spiro atoms. The molecule has 0 radical (unpaired) electrons. The Morgan fingerprint density at radius 1 is 0.947 bits per heavy atom. The number of hydrogen-bond acceptors (Lipinski definition) is 2. The van der Waals surface area contributed by atoms with Crippen LogP contribution in [0.5, 0.6) is 0 Å². The zero-order valence-electron chi connectivity index (χ0n) is 11.8. The lowest BCUT2D eigenvalue weighted by atomic mass is 10.1. The molecule has 1 atom stereocenters. The lowest BCUT2D eigenvalue weighted by Crippen LogP contribution is -2.19. The fourth-order valence-corrected chi connectivity index (χ4v) is 1.89. The van der Waals surface area contributed by atoms with Gasteiger partial charge in [-0.25, -0.2) is 0 Å². The van der Waals surface area contributed by atoms with E-state index >= 15 is 0 Å². The average Bonchev–Trinajstić information content (AvgIpc) is 2.32. The van der Waals surface area contributed by atoms with Gasteiger partial charge < -0.3 is 9.84 Å². The predicted octanol–water partition coefficient (Wildman–Crippen LogP) is 4.46. The molecule has 0 saturated carbocycles. The highest BCUT2D eigenvalue weighted by Crippen LogP contribution is 2.15. The van der Waals surface area contributed by atoms with Crippen molar-refractivity contribution >= 4 is 0 Å². The van der Waals surface area contributed by atoms with Crippen LogP contribution in [0.15, 0.2) is 0 Å². The Morgan fingerprint density at radius 3 is 2.11 bits per heavy atom. The van der Waals surface area contributed by atoms with E-state index in [0.29, 0.717) is 6.42 Å². The van der Waals surface area contributed by atoms with E-state index in [9.17, 15) is 18.3 Å². The molecule has 0 bridgehead atoms. The van der Waals surface area contributed by atoms with Crippen LogP contribution in [0, 0.1) is 0 Å². The zero-order chi connectivity index (χ0) is 14.6. The second-order valence-electron chi connectivity index (χ2n) is 5.02. The molecule has 0 aromatic carbocycles. The molecule has 5 heteroatoms. The lowest BCUT2D eigenvalue weighted by molar-refractivity contribution is -0.175. The van der Waals surface area contributed by atoms with E-state index in [1.807, 2.05) is 0 Å². The van der Waals surface area contributed by atoms with Gasteiger partial charge in [0.05, 0.1) is 6.10 Å². The van der Waals surface area contributed by atoms with E-state index < -0.39 is 18.9 Å². The van der Waals surface area contributed by atoms with Crippen molar-refractivity contribution in [3.05, 3.63) is 0 Å². The van der Waals surface area contributed by atoms with Gasteiger partial charge in [0.15, 0.2) is 0 Å². The lowest BCUT2D eigenvalue weighted by Gasteiger charge is -2.11. The van der Waals surface area contributed by atoms with Gasteiger partial charge in [-0.05, 0) is 12.8 Å². The summed E-state index contributed by atoms with van der Waals surface area (Å²) in [5, 5.41) is 9.56. The number of hydrogen-bond donors (Lipinski definition) is 1. The van der Waals surface area contributed by atoms with Crippen molar-refractivity contribution in [3.8, 4) is 0 Å². The minimum absolute atomic E-state index is 0.0306. The molecule has 0 amide bonds. The van der Waals surface area contributed by atoms with Crippen LogP contribution in [-0.4, -0.2) is 30.6 Å². The molecule has 0 aromatic rings. The first-order chi connectivity index (χ1) is 8.95. The quantitative estimate of drug-likeness (QED) is 0.536. The third kappa shape index (κ3) is 15.7. The van der Waals surface area contributed by atoms with E-state index in [2.05, 4.69) is 11.7 Å². The maximum absolute atomic E-state index is 11.8. The Hall–Kier alpha value is -0.290. The molecule has 0 aromatic heterocycles. The van der Waals surface area contributed by atoms with Crippen LogP contribution in [-0.2, 0) is 4.74 Å². The van der Waals surface area contributed by atoms with E-state index in [-0.39, 0.29) is 13.0 Å². The molecule has 0 aliphatic carbocycles. The van der Waals surface area contributed by atoms with Gasteiger partial charge in [-0.3, -0.25) is 0 Å². The third-order valence-corrected chi connectivity index (χ3v) is 3.00.